The molecule has 8 nitrogen and oxygen atoms in total. The Balaban J connectivity index is 1.49. The Hall–Kier alpha value is -3.88. The molecule has 0 bridgehead atoms. The van der Waals surface area contributed by atoms with Crippen molar-refractivity contribution in [1.82, 2.24) is 11.2 Å². The Bertz CT molecular complexity index is 847. The van der Waals surface area contributed by atoms with Gasteiger partial charge in [0, 0.05) is 0 Å². The van der Waals surface area contributed by atoms with Crippen molar-refractivity contribution in [2.45, 2.75) is 0 Å². The van der Waals surface area contributed by atoms with Crippen LogP contribution in [0.1, 0.15) is 20.7 Å². The van der Waals surface area contributed by atoms with Crippen LogP contribution in [0, 0.1) is 0 Å². The van der Waals surface area contributed by atoms with Crippen LogP contribution in [0.2, 0.25) is 0 Å². The van der Waals surface area contributed by atoms with Gasteiger partial charge in [-0.3, -0.25) is 10.9 Å². The highest BCUT2D eigenvalue weighted by Gasteiger charge is 2.13. The number of hydrogen-bond acceptors (Lipinski definition) is 8. The molecule has 0 saturated carbocycles. The summed E-state index contributed by atoms with van der Waals surface area (Å²) < 4.78 is 0. The van der Waals surface area contributed by atoms with Gasteiger partial charge < -0.3 is 9.68 Å². The molecular formula is C20H18N4O4. The van der Waals surface area contributed by atoms with Gasteiger partial charge in [0.1, 0.15) is 0 Å². The molecule has 3 aromatic rings. The molecule has 0 aromatic heterocycles. The number of anilines is 2. The summed E-state index contributed by atoms with van der Waals surface area (Å²) in [5.41, 5.74) is 12.0. The molecule has 3 aromatic carbocycles. The Morgan fingerprint density at radius 3 is 1.43 bits per heavy atom. The van der Waals surface area contributed by atoms with Crippen molar-refractivity contribution in [1.29, 1.82) is 0 Å². The number of carbonyl (C=O) groups excluding carboxylic acids is 2. The van der Waals surface area contributed by atoms with Gasteiger partial charge in [-0.15, -0.1) is 0 Å². The van der Waals surface area contributed by atoms with Gasteiger partial charge in [-0.1, -0.05) is 53.6 Å². The predicted molar refractivity (Wildman–Crippen MR) is 104 cm³/mol. The van der Waals surface area contributed by atoms with Crippen molar-refractivity contribution < 1.29 is 19.3 Å². The second-order valence-electron chi connectivity index (χ2n) is 5.55. The van der Waals surface area contributed by atoms with Gasteiger partial charge in [0.2, 0.25) is 0 Å². The van der Waals surface area contributed by atoms with Gasteiger partial charge in [-0.25, -0.2) is 9.59 Å². The normalized spacial score (nSPS) is 10.0. The molecule has 0 atom stereocenters. The van der Waals surface area contributed by atoms with Crippen molar-refractivity contribution in [3.05, 3.63) is 96.1 Å². The summed E-state index contributed by atoms with van der Waals surface area (Å²) in [6.45, 7) is 0. The minimum atomic E-state index is -0.659. The highest BCUT2D eigenvalue weighted by Crippen LogP contribution is 2.09. The number of rotatable bonds is 8. The van der Waals surface area contributed by atoms with Crippen LogP contribution in [-0.2, 0) is 9.68 Å². The van der Waals surface area contributed by atoms with E-state index in [-0.39, 0.29) is 11.1 Å². The second-order valence-corrected chi connectivity index (χ2v) is 5.55. The fraction of sp³-hybridized carbons (Fsp3) is 0. The number of carbonyl (C=O) groups is 2. The van der Waals surface area contributed by atoms with Gasteiger partial charge in [-0.05, 0) is 42.5 Å². The van der Waals surface area contributed by atoms with Gasteiger partial charge in [0.25, 0.3) is 0 Å². The maximum absolute atomic E-state index is 12.1. The third kappa shape index (κ3) is 5.56. The summed E-state index contributed by atoms with van der Waals surface area (Å²) in [5.74, 6) is -1.32. The van der Waals surface area contributed by atoms with E-state index in [1.54, 1.807) is 30.3 Å². The summed E-state index contributed by atoms with van der Waals surface area (Å²) in [6.07, 6.45) is 0. The lowest BCUT2D eigenvalue weighted by atomic mass is 10.1. The van der Waals surface area contributed by atoms with Crippen molar-refractivity contribution in [3.8, 4) is 0 Å². The molecule has 0 fully saturated rings. The Morgan fingerprint density at radius 1 is 0.571 bits per heavy atom. The van der Waals surface area contributed by atoms with E-state index in [1.807, 2.05) is 36.4 Å². The Labute approximate surface area is 161 Å². The monoisotopic (exact) mass is 378 g/mol. The largest absolute Gasteiger partial charge is 0.358 e. The highest BCUT2D eigenvalue weighted by atomic mass is 16.7. The zero-order valence-electron chi connectivity index (χ0n) is 14.7. The van der Waals surface area contributed by atoms with E-state index in [9.17, 15) is 9.59 Å². The number of benzene rings is 3. The molecule has 0 heterocycles. The molecule has 3 rings (SSSR count). The lowest BCUT2D eigenvalue weighted by molar-refractivity contribution is 0.0304. The standard InChI is InChI=1S/C20H18N4O4/c25-19(27-23-21-17-10-3-1-4-11-17)15-8-7-9-16(14-15)20(26)28-24-22-18-12-5-2-6-13-18/h1-14,21-24H. The van der Waals surface area contributed by atoms with Crippen LogP contribution in [0.3, 0.4) is 0 Å². The maximum Gasteiger partial charge on any atom is 0.358 e. The average Bonchev–Trinajstić information content (AvgIpc) is 2.75. The first-order valence-electron chi connectivity index (χ1n) is 8.37. The van der Waals surface area contributed by atoms with E-state index in [2.05, 4.69) is 22.0 Å². The first-order chi connectivity index (χ1) is 13.7. The first-order valence-corrected chi connectivity index (χ1v) is 8.37. The second kappa shape index (κ2) is 9.72. The van der Waals surface area contributed by atoms with Gasteiger partial charge in [-0.2, -0.15) is 0 Å². The minimum absolute atomic E-state index is 0.188. The fourth-order valence-electron chi connectivity index (χ4n) is 2.20. The van der Waals surface area contributed by atoms with E-state index in [0.29, 0.717) is 0 Å². The van der Waals surface area contributed by atoms with Gasteiger partial charge >= 0.3 is 11.9 Å². The molecule has 0 saturated heterocycles. The number of nitrogens with one attached hydrogen (secondary N) is 4. The van der Waals surface area contributed by atoms with E-state index >= 15 is 0 Å². The Morgan fingerprint density at radius 2 is 1.00 bits per heavy atom. The number of hydrogen-bond donors (Lipinski definition) is 4. The lowest BCUT2D eigenvalue weighted by Crippen LogP contribution is -2.27. The smallest absolute Gasteiger partial charge is 0.346 e. The molecule has 0 aliphatic rings. The zero-order chi connectivity index (χ0) is 19.6. The van der Waals surface area contributed by atoms with Crippen LogP contribution >= 0.6 is 0 Å². The van der Waals surface area contributed by atoms with E-state index in [4.69, 9.17) is 9.68 Å². The van der Waals surface area contributed by atoms with Crippen LogP contribution in [0.5, 0.6) is 0 Å². The molecule has 0 spiro atoms. The maximum atomic E-state index is 12.1. The molecular weight excluding hydrogens is 360 g/mol. The molecule has 4 N–H and O–H groups in total. The summed E-state index contributed by atoms with van der Waals surface area (Å²) >= 11 is 0. The van der Waals surface area contributed by atoms with Crippen molar-refractivity contribution in [3.63, 3.8) is 0 Å². The van der Waals surface area contributed by atoms with Crippen molar-refractivity contribution >= 4 is 23.3 Å². The van der Waals surface area contributed by atoms with E-state index in [1.165, 1.54) is 18.2 Å². The third-order valence-electron chi connectivity index (χ3n) is 3.56. The molecule has 0 aliphatic carbocycles. The number of hydrazine groups is 2. The van der Waals surface area contributed by atoms with E-state index < -0.39 is 11.9 Å². The molecule has 8 heteroatoms. The SMILES string of the molecule is O=C(ONNc1ccccc1)c1cccc(C(=O)ONNc2ccccc2)c1. The zero-order valence-corrected chi connectivity index (χ0v) is 14.7. The van der Waals surface area contributed by atoms with E-state index in [0.717, 1.165) is 11.4 Å². The molecule has 142 valence electrons. The predicted octanol–water partition coefficient (Wildman–Crippen LogP) is 3.06. The Kier molecular flexibility index (Phi) is 6.56. The molecule has 0 aliphatic heterocycles. The van der Waals surface area contributed by atoms with Gasteiger partial charge in [0.05, 0.1) is 22.5 Å². The van der Waals surface area contributed by atoms with Crippen LogP contribution in [0.25, 0.3) is 0 Å². The highest BCUT2D eigenvalue weighted by molar-refractivity contribution is 5.95. The van der Waals surface area contributed by atoms with Gasteiger partial charge in [0.15, 0.2) is 0 Å². The first kappa shape index (κ1) is 18.9. The quantitative estimate of drug-likeness (QED) is 0.444. The van der Waals surface area contributed by atoms with Crippen LogP contribution < -0.4 is 22.0 Å². The van der Waals surface area contributed by atoms with Crippen LogP contribution in [0.4, 0.5) is 11.4 Å². The van der Waals surface area contributed by atoms with Crippen molar-refractivity contribution in [2.24, 2.45) is 0 Å². The topological polar surface area (TPSA) is 101 Å². The van der Waals surface area contributed by atoms with Crippen LogP contribution in [0.15, 0.2) is 84.9 Å². The summed E-state index contributed by atoms with van der Waals surface area (Å²) in [7, 11) is 0. The fourth-order valence-corrected chi connectivity index (χ4v) is 2.20. The third-order valence-corrected chi connectivity index (χ3v) is 3.56. The molecule has 28 heavy (non-hydrogen) atoms. The summed E-state index contributed by atoms with van der Waals surface area (Å²) in [6, 6.07) is 24.3. The average molecular weight is 378 g/mol. The molecule has 0 amide bonds. The molecule has 0 radical (unpaired) electrons. The summed E-state index contributed by atoms with van der Waals surface area (Å²) in [4.78, 5) is 34.1. The van der Waals surface area contributed by atoms with Crippen molar-refractivity contribution in [2.75, 3.05) is 10.9 Å². The molecule has 0 unspecified atom stereocenters. The van der Waals surface area contributed by atoms with Crippen LogP contribution in [-0.4, -0.2) is 11.9 Å². The number of para-hydroxylation sites is 2. The summed E-state index contributed by atoms with van der Waals surface area (Å²) in [5, 5.41) is 0. The minimum Gasteiger partial charge on any atom is -0.346 e. The lowest BCUT2D eigenvalue weighted by Gasteiger charge is -2.10.